The van der Waals surface area contributed by atoms with E-state index in [9.17, 15) is 0 Å². The first-order valence-corrected chi connectivity index (χ1v) is 5.78. The Morgan fingerprint density at radius 2 is 2.44 bits per heavy atom. The molecule has 1 saturated heterocycles. The second kappa shape index (κ2) is 4.51. The SMILES string of the molecule is Cn1cnc(CNCC2CCC(C)(C)O2)n1. The Labute approximate surface area is 96.2 Å². The summed E-state index contributed by atoms with van der Waals surface area (Å²) in [4.78, 5) is 4.16. The van der Waals surface area contributed by atoms with Crippen LogP contribution < -0.4 is 5.32 Å². The van der Waals surface area contributed by atoms with Gasteiger partial charge in [0.2, 0.25) is 0 Å². The van der Waals surface area contributed by atoms with E-state index in [1.165, 1.54) is 0 Å². The van der Waals surface area contributed by atoms with E-state index in [2.05, 4.69) is 29.2 Å². The lowest BCUT2D eigenvalue weighted by Gasteiger charge is -2.19. The van der Waals surface area contributed by atoms with Crippen molar-refractivity contribution in [3.63, 3.8) is 0 Å². The third-order valence-electron chi connectivity index (χ3n) is 2.86. The number of nitrogens with zero attached hydrogens (tertiary/aromatic N) is 3. The smallest absolute Gasteiger partial charge is 0.164 e. The van der Waals surface area contributed by atoms with Crippen LogP contribution in [0.2, 0.25) is 0 Å². The lowest BCUT2D eigenvalue weighted by molar-refractivity contribution is -0.0143. The van der Waals surface area contributed by atoms with Gasteiger partial charge in [-0.3, -0.25) is 4.68 Å². The maximum atomic E-state index is 5.88. The molecule has 0 aromatic carbocycles. The first-order valence-electron chi connectivity index (χ1n) is 5.78. The van der Waals surface area contributed by atoms with Crippen molar-refractivity contribution in [2.24, 2.45) is 7.05 Å². The molecule has 16 heavy (non-hydrogen) atoms. The minimum atomic E-state index is 0.0512. The number of rotatable bonds is 4. The van der Waals surface area contributed by atoms with Crippen LogP contribution in [0.4, 0.5) is 0 Å². The zero-order chi connectivity index (χ0) is 11.6. The molecule has 0 aliphatic carbocycles. The van der Waals surface area contributed by atoms with Crippen molar-refractivity contribution in [1.29, 1.82) is 0 Å². The van der Waals surface area contributed by atoms with Gasteiger partial charge in [-0.2, -0.15) is 5.10 Å². The molecule has 0 saturated carbocycles. The van der Waals surface area contributed by atoms with Crippen LogP contribution in [-0.2, 0) is 18.3 Å². The van der Waals surface area contributed by atoms with Gasteiger partial charge in [0.15, 0.2) is 5.82 Å². The van der Waals surface area contributed by atoms with Crippen molar-refractivity contribution in [1.82, 2.24) is 20.1 Å². The second-order valence-electron chi connectivity index (χ2n) is 5.00. The number of hydrogen-bond acceptors (Lipinski definition) is 4. The quantitative estimate of drug-likeness (QED) is 0.824. The van der Waals surface area contributed by atoms with Gasteiger partial charge in [0, 0.05) is 13.6 Å². The maximum Gasteiger partial charge on any atom is 0.164 e. The van der Waals surface area contributed by atoms with Crippen molar-refractivity contribution in [2.75, 3.05) is 6.54 Å². The summed E-state index contributed by atoms with van der Waals surface area (Å²) in [5.41, 5.74) is 0.0512. The van der Waals surface area contributed by atoms with Crippen molar-refractivity contribution in [2.45, 2.75) is 44.9 Å². The summed E-state index contributed by atoms with van der Waals surface area (Å²) in [5, 5.41) is 7.54. The Balaban J connectivity index is 1.69. The summed E-state index contributed by atoms with van der Waals surface area (Å²) in [6.45, 7) is 5.88. The molecule has 5 nitrogen and oxygen atoms in total. The Bertz CT molecular complexity index is 348. The highest BCUT2D eigenvalue weighted by molar-refractivity contribution is 4.84. The number of aromatic nitrogens is 3. The summed E-state index contributed by atoms with van der Waals surface area (Å²) in [7, 11) is 1.87. The zero-order valence-electron chi connectivity index (χ0n) is 10.2. The average Bonchev–Trinajstić information content (AvgIpc) is 2.73. The van der Waals surface area contributed by atoms with E-state index in [0.29, 0.717) is 12.6 Å². The summed E-state index contributed by atoms with van der Waals surface area (Å²) in [6, 6.07) is 0. The molecule has 1 aromatic heterocycles. The monoisotopic (exact) mass is 224 g/mol. The summed E-state index contributed by atoms with van der Waals surface area (Å²) in [5.74, 6) is 0.833. The van der Waals surface area contributed by atoms with Crippen LogP contribution in [0.25, 0.3) is 0 Å². The molecule has 0 amide bonds. The first-order chi connectivity index (χ1) is 7.55. The van der Waals surface area contributed by atoms with Crippen molar-refractivity contribution >= 4 is 0 Å². The highest BCUT2D eigenvalue weighted by Crippen LogP contribution is 2.28. The summed E-state index contributed by atoms with van der Waals surface area (Å²) in [6.07, 6.45) is 4.32. The molecule has 1 N–H and O–H groups in total. The fourth-order valence-corrected chi connectivity index (χ4v) is 2.03. The van der Waals surface area contributed by atoms with E-state index >= 15 is 0 Å². The fraction of sp³-hybridized carbons (Fsp3) is 0.818. The Hall–Kier alpha value is -0.940. The lowest BCUT2D eigenvalue weighted by Crippen LogP contribution is -2.29. The minimum Gasteiger partial charge on any atom is -0.371 e. The van der Waals surface area contributed by atoms with E-state index in [-0.39, 0.29) is 5.60 Å². The molecule has 1 unspecified atom stereocenters. The highest BCUT2D eigenvalue weighted by Gasteiger charge is 2.31. The zero-order valence-corrected chi connectivity index (χ0v) is 10.2. The van der Waals surface area contributed by atoms with E-state index in [1.807, 2.05) is 7.05 Å². The van der Waals surface area contributed by atoms with E-state index in [0.717, 1.165) is 25.2 Å². The lowest BCUT2D eigenvalue weighted by atomic mass is 10.1. The summed E-state index contributed by atoms with van der Waals surface area (Å²) < 4.78 is 7.60. The molecule has 1 aliphatic heterocycles. The predicted molar refractivity (Wildman–Crippen MR) is 60.9 cm³/mol. The van der Waals surface area contributed by atoms with Gasteiger partial charge in [-0.05, 0) is 26.7 Å². The predicted octanol–water partition coefficient (Wildman–Crippen LogP) is 0.862. The molecule has 2 rings (SSSR count). The van der Waals surface area contributed by atoms with Crippen LogP contribution in [-0.4, -0.2) is 33.0 Å². The topological polar surface area (TPSA) is 52.0 Å². The molecule has 90 valence electrons. The van der Waals surface area contributed by atoms with Gasteiger partial charge in [0.25, 0.3) is 0 Å². The molecule has 1 aromatic rings. The van der Waals surface area contributed by atoms with Gasteiger partial charge in [-0.15, -0.1) is 0 Å². The largest absolute Gasteiger partial charge is 0.371 e. The van der Waals surface area contributed by atoms with Crippen LogP contribution >= 0.6 is 0 Å². The van der Waals surface area contributed by atoms with Crippen LogP contribution in [0.15, 0.2) is 6.33 Å². The summed E-state index contributed by atoms with van der Waals surface area (Å²) >= 11 is 0. The normalized spacial score (nSPS) is 23.8. The maximum absolute atomic E-state index is 5.88. The molecular weight excluding hydrogens is 204 g/mol. The average molecular weight is 224 g/mol. The van der Waals surface area contributed by atoms with E-state index in [4.69, 9.17) is 4.74 Å². The van der Waals surface area contributed by atoms with Gasteiger partial charge < -0.3 is 10.1 Å². The standard InChI is InChI=1S/C11H20N4O/c1-11(2)5-4-9(16-11)6-12-7-10-13-8-15(3)14-10/h8-9,12H,4-7H2,1-3H3. The third kappa shape index (κ3) is 3.02. The molecule has 0 bridgehead atoms. The molecule has 2 heterocycles. The molecular formula is C11H20N4O. The van der Waals surface area contributed by atoms with E-state index in [1.54, 1.807) is 11.0 Å². The van der Waals surface area contributed by atoms with E-state index < -0.39 is 0 Å². The second-order valence-corrected chi connectivity index (χ2v) is 5.00. The molecule has 0 radical (unpaired) electrons. The third-order valence-corrected chi connectivity index (χ3v) is 2.86. The molecule has 1 fully saturated rings. The van der Waals surface area contributed by atoms with Crippen LogP contribution in [0.1, 0.15) is 32.5 Å². The van der Waals surface area contributed by atoms with Gasteiger partial charge in [-0.25, -0.2) is 4.98 Å². The Kier molecular flexibility index (Phi) is 3.25. The number of ether oxygens (including phenoxy) is 1. The molecule has 0 spiro atoms. The Morgan fingerprint density at radius 1 is 1.62 bits per heavy atom. The van der Waals surface area contributed by atoms with Crippen molar-refractivity contribution < 1.29 is 4.74 Å². The number of aryl methyl sites for hydroxylation is 1. The minimum absolute atomic E-state index is 0.0512. The number of nitrogens with one attached hydrogen (secondary N) is 1. The number of hydrogen-bond donors (Lipinski definition) is 1. The molecule has 1 atom stereocenters. The fourth-order valence-electron chi connectivity index (χ4n) is 2.03. The van der Waals surface area contributed by atoms with Gasteiger partial charge >= 0.3 is 0 Å². The van der Waals surface area contributed by atoms with Crippen LogP contribution in [0.3, 0.4) is 0 Å². The highest BCUT2D eigenvalue weighted by atomic mass is 16.5. The molecule has 1 aliphatic rings. The van der Waals surface area contributed by atoms with Crippen molar-refractivity contribution in [3.05, 3.63) is 12.2 Å². The first kappa shape index (κ1) is 11.5. The van der Waals surface area contributed by atoms with Crippen molar-refractivity contribution in [3.8, 4) is 0 Å². The van der Waals surface area contributed by atoms with Gasteiger partial charge in [0.05, 0.1) is 18.2 Å². The Morgan fingerprint density at radius 3 is 3.00 bits per heavy atom. The van der Waals surface area contributed by atoms with Gasteiger partial charge in [-0.1, -0.05) is 0 Å². The van der Waals surface area contributed by atoms with Crippen LogP contribution in [0.5, 0.6) is 0 Å². The molecule has 5 heteroatoms. The van der Waals surface area contributed by atoms with Crippen LogP contribution in [0, 0.1) is 0 Å². The van der Waals surface area contributed by atoms with Gasteiger partial charge in [0.1, 0.15) is 6.33 Å².